The fraction of sp³-hybridized carbons (Fsp3) is 0.0714. The highest BCUT2D eigenvalue weighted by atomic mass is 35.5. The molecule has 2 aromatic heterocycles. The molecule has 3 N–H and O–H groups in total. The van der Waals surface area contributed by atoms with Crippen molar-refractivity contribution in [2.75, 3.05) is 0 Å². The second-order valence-electron chi connectivity index (χ2n) is 4.40. The van der Waals surface area contributed by atoms with Gasteiger partial charge in [-0.3, -0.25) is 10.2 Å². The molecule has 3 aromatic rings. The standard InChI is InChI=1S/C14H12ClN3O2/c15-11-2-1-9-3-5-18(12(9)7-11)8-10-4-6-20-13(10)14(19)17-16/h1-7H,8,16H2,(H,17,19). The van der Waals surface area contributed by atoms with E-state index in [2.05, 4.69) is 5.43 Å². The van der Waals surface area contributed by atoms with Gasteiger partial charge in [-0.25, -0.2) is 5.84 Å². The molecule has 0 aliphatic carbocycles. The molecule has 0 bridgehead atoms. The van der Waals surface area contributed by atoms with Gasteiger partial charge in [-0.15, -0.1) is 0 Å². The van der Waals surface area contributed by atoms with E-state index in [1.807, 2.05) is 35.0 Å². The first-order valence-corrected chi connectivity index (χ1v) is 6.38. The lowest BCUT2D eigenvalue weighted by molar-refractivity contribution is 0.0924. The van der Waals surface area contributed by atoms with Gasteiger partial charge in [0, 0.05) is 22.3 Å². The van der Waals surface area contributed by atoms with Crippen molar-refractivity contribution in [2.45, 2.75) is 6.54 Å². The average Bonchev–Trinajstić information content (AvgIpc) is 3.06. The molecular weight excluding hydrogens is 278 g/mol. The van der Waals surface area contributed by atoms with Gasteiger partial charge in [-0.2, -0.15) is 0 Å². The molecule has 0 aliphatic rings. The molecule has 3 rings (SSSR count). The number of hydrazine groups is 1. The summed E-state index contributed by atoms with van der Waals surface area (Å²) in [6, 6.07) is 9.44. The van der Waals surface area contributed by atoms with Crippen LogP contribution >= 0.6 is 11.6 Å². The van der Waals surface area contributed by atoms with E-state index in [0.717, 1.165) is 16.5 Å². The maximum Gasteiger partial charge on any atom is 0.301 e. The number of amides is 1. The predicted molar refractivity (Wildman–Crippen MR) is 76.4 cm³/mol. The number of halogens is 1. The second kappa shape index (κ2) is 5.03. The number of rotatable bonds is 3. The molecule has 0 unspecified atom stereocenters. The van der Waals surface area contributed by atoms with E-state index in [9.17, 15) is 4.79 Å². The quantitative estimate of drug-likeness (QED) is 0.442. The number of hydrogen-bond acceptors (Lipinski definition) is 3. The van der Waals surface area contributed by atoms with Gasteiger partial charge in [0.05, 0.1) is 12.8 Å². The van der Waals surface area contributed by atoms with Crippen molar-refractivity contribution in [2.24, 2.45) is 5.84 Å². The molecule has 0 saturated carbocycles. The van der Waals surface area contributed by atoms with Gasteiger partial charge in [0.1, 0.15) is 0 Å². The van der Waals surface area contributed by atoms with Gasteiger partial charge in [0.25, 0.3) is 0 Å². The van der Waals surface area contributed by atoms with Crippen molar-refractivity contribution in [1.29, 1.82) is 0 Å². The Balaban J connectivity index is 2.00. The number of hydrogen-bond donors (Lipinski definition) is 2. The van der Waals surface area contributed by atoms with Crippen molar-refractivity contribution in [1.82, 2.24) is 9.99 Å². The first kappa shape index (κ1) is 12.8. The van der Waals surface area contributed by atoms with E-state index in [0.29, 0.717) is 11.6 Å². The van der Waals surface area contributed by atoms with E-state index < -0.39 is 5.91 Å². The minimum atomic E-state index is -0.445. The van der Waals surface area contributed by atoms with Gasteiger partial charge in [0.2, 0.25) is 0 Å². The molecule has 0 fully saturated rings. The zero-order chi connectivity index (χ0) is 14.1. The zero-order valence-corrected chi connectivity index (χ0v) is 11.2. The van der Waals surface area contributed by atoms with Crippen molar-refractivity contribution in [3.63, 3.8) is 0 Å². The number of furan rings is 1. The lowest BCUT2D eigenvalue weighted by Crippen LogP contribution is -2.30. The highest BCUT2D eigenvalue weighted by molar-refractivity contribution is 6.31. The van der Waals surface area contributed by atoms with Gasteiger partial charge in [-0.05, 0) is 29.7 Å². The maximum atomic E-state index is 11.6. The molecular formula is C14H12ClN3O2. The minimum Gasteiger partial charge on any atom is -0.459 e. The molecule has 20 heavy (non-hydrogen) atoms. The third-order valence-corrected chi connectivity index (χ3v) is 3.40. The number of nitrogens with two attached hydrogens (primary N) is 1. The summed E-state index contributed by atoms with van der Waals surface area (Å²) >= 11 is 6.02. The van der Waals surface area contributed by atoms with Crippen molar-refractivity contribution in [3.8, 4) is 0 Å². The number of carbonyl (C=O) groups is 1. The Labute approximate surface area is 119 Å². The summed E-state index contributed by atoms with van der Waals surface area (Å²) in [7, 11) is 0. The largest absolute Gasteiger partial charge is 0.459 e. The van der Waals surface area contributed by atoms with Crippen LogP contribution in [0.4, 0.5) is 0 Å². The molecule has 0 atom stereocenters. The maximum absolute atomic E-state index is 11.6. The Morgan fingerprint density at radius 1 is 1.35 bits per heavy atom. The highest BCUT2D eigenvalue weighted by Gasteiger charge is 2.15. The Bertz CT molecular complexity index is 776. The Hall–Kier alpha value is -2.24. The van der Waals surface area contributed by atoms with Crippen LogP contribution in [0.3, 0.4) is 0 Å². The third kappa shape index (κ3) is 2.17. The number of carbonyl (C=O) groups excluding carboxylic acids is 1. The van der Waals surface area contributed by atoms with Crippen LogP contribution in [0.25, 0.3) is 10.9 Å². The first-order chi connectivity index (χ1) is 9.69. The molecule has 6 heteroatoms. The normalized spacial score (nSPS) is 10.9. The van der Waals surface area contributed by atoms with Crippen LogP contribution < -0.4 is 11.3 Å². The fourth-order valence-corrected chi connectivity index (χ4v) is 2.37. The van der Waals surface area contributed by atoms with E-state index in [4.69, 9.17) is 21.9 Å². The summed E-state index contributed by atoms with van der Waals surface area (Å²) in [6.45, 7) is 0.503. The summed E-state index contributed by atoms with van der Waals surface area (Å²) < 4.78 is 7.17. The molecule has 102 valence electrons. The minimum absolute atomic E-state index is 0.219. The average molecular weight is 290 g/mol. The smallest absolute Gasteiger partial charge is 0.301 e. The van der Waals surface area contributed by atoms with E-state index in [1.165, 1.54) is 6.26 Å². The van der Waals surface area contributed by atoms with Crippen LogP contribution in [0.2, 0.25) is 5.02 Å². The van der Waals surface area contributed by atoms with Crippen LogP contribution in [0.5, 0.6) is 0 Å². The lowest BCUT2D eigenvalue weighted by atomic mass is 10.2. The number of aromatic nitrogens is 1. The Morgan fingerprint density at radius 2 is 2.20 bits per heavy atom. The molecule has 0 aliphatic heterocycles. The van der Waals surface area contributed by atoms with Crippen molar-refractivity contribution >= 4 is 28.4 Å². The molecule has 5 nitrogen and oxygen atoms in total. The van der Waals surface area contributed by atoms with E-state index in [1.54, 1.807) is 6.07 Å². The number of nitrogens with one attached hydrogen (secondary N) is 1. The van der Waals surface area contributed by atoms with Crippen LogP contribution in [0.15, 0.2) is 47.2 Å². The lowest BCUT2D eigenvalue weighted by Gasteiger charge is -2.06. The van der Waals surface area contributed by atoms with Crippen LogP contribution in [0.1, 0.15) is 16.1 Å². The topological polar surface area (TPSA) is 73.2 Å². The Morgan fingerprint density at radius 3 is 3.00 bits per heavy atom. The molecule has 1 aromatic carbocycles. The summed E-state index contributed by atoms with van der Waals surface area (Å²) in [5.41, 5.74) is 3.82. The summed E-state index contributed by atoms with van der Waals surface area (Å²) in [5.74, 6) is 4.91. The number of fused-ring (bicyclic) bond motifs is 1. The number of benzene rings is 1. The van der Waals surface area contributed by atoms with Gasteiger partial charge in [0.15, 0.2) is 5.76 Å². The van der Waals surface area contributed by atoms with Gasteiger partial charge >= 0.3 is 5.91 Å². The molecule has 0 spiro atoms. The molecule has 0 radical (unpaired) electrons. The number of nitrogens with zero attached hydrogens (tertiary/aromatic N) is 1. The van der Waals surface area contributed by atoms with Crippen LogP contribution in [-0.4, -0.2) is 10.5 Å². The van der Waals surface area contributed by atoms with Gasteiger partial charge in [-0.1, -0.05) is 17.7 Å². The van der Waals surface area contributed by atoms with E-state index >= 15 is 0 Å². The SMILES string of the molecule is NNC(=O)c1occc1Cn1ccc2ccc(Cl)cc21. The first-order valence-electron chi connectivity index (χ1n) is 6.01. The monoisotopic (exact) mass is 289 g/mol. The van der Waals surface area contributed by atoms with Crippen molar-refractivity contribution in [3.05, 3.63) is 59.1 Å². The fourth-order valence-electron chi connectivity index (χ4n) is 2.20. The van der Waals surface area contributed by atoms with E-state index in [-0.39, 0.29) is 5.76 Å². The third-order valence-electron chi connectivity index (χ3n) is 3.16. The predicted octanol–water partition coefficient (Wildman–Crippen LogP) is 2.54. The van der Waals surface area contributed by atoms with Crippen LogP contribution in [0, 0.1) is 0 Å². The van der Waals surface area contributed by atoms with Crippen molar-refractivity contribution < 1.29 is 9.21 Å². The highest BCUT2D eigenvalue weighted by Crippen LogP contribution is 2.22. The second-order valence-corrected chi connectivity index (χ2v) is 4.83. The molecule has 0 saturated heterocycles. The Kier molecular flexibility index (Phi) is 3.22. The molecule has 2 heterocycles. The van der Waals surface area contributed by atoms with Gasteiger partial charge < -0.3 is 8.98 Å². The summed E-state index contributed by atoms with van der Waals surface area (Å²) in [5, 5.41) is 1.76. The molecule has 1 amide bonds. The number of nitrogen functional groups attached to an aromatic ring is 1. The van der Waals surface area contributed by atoms with Crippen LogP contribution in [-0.2, 0) is 6.54 Å². The summed E-state index contributed by atoms with van der Waals surface area (Å²) in [4.78, 5) is 11.6. The summed E-state index contributed by atoms with van der Waals surface area (Å²) in [6.07, 6.45) is 3.41. The zero-order valence-electron chi connectivity index (χ0n) is 10.5.